The minimum Gasteiger partial charge on any atom is -0.310 e. The average molecular weight is 333 g/mol. The molecule has 0 bridgehead atoms. The van der Waals surface area contributed by atoms with Crippen LogP contribution in [-0.2, 0) is 16.6 Å². The quantitative estimate of drug-likeness (QED) is 0.833. The van der Waals surface area contributed by atoms with E-state index >= 15 is 0 Å². The molecule has 0 unspecified atom stereocenters. The summed E-state index contributed by atoms with van der Waals surface area (Å²) in [6.07, 6.45) is 0.773. The number of nitrogens with one attached hydrogen (secondary N) is 1. The van der Waals surface area contributed by atoms with Crippen molar-refractivity contribution >= 4 is 21.4 Å². The maximum absolute atomic E-state index is 12.8. The molecule has 0 atom stereocenters. The predicted octanol–water partition coefficient (Wildman–Crippen LogP) is 3.36. The van der Waals surface area contributed by atoms with Crippen molar-refractivity contribution in [3.8, 4) is 0 Å². The zero-order valence-corrected chi connectivity index (χ0v) is 15.8. The van der Waals surface area contributed by atoms with Crippen LogP contribution in [0.1, 0.15) is 51.5 Å². The topological polar surface area (TPSA) is 49.4 Å². The second-order valence-corrected chi connectivity index (χ2v) is 9.68. The van der Waals surface area contributed by atoms with E-state index in [0.717, 1.165) is 16.9 Å². The fourth-order valence-electron chi connectivity index (χ4n) is 1.77. The highest BCUT2D eigenvalue weighted by atomic mass is 32.2. The lowest BCUT2D eigenvalue weighted by atomic mass is 10.0. The van der Waals surface area contributed by atoms with Gasteiger partial charge in [0.1, 0.15) is 4.21 Å². The first-order chi connectivity index (χ1) is 9.52. The van der Waals surface area contributed by atoms with Crippen LogP contribution in [0.5, 0.6) is 0 Å². The van der Waals surface area contributed by atoms with Crippen molar-refractivity contribution in [2.75, 3.05) is 7.05 Å². The monoisotopic (exact) mass is 332 g/mol. The highest BCUT2D eigenvalue weighted by Crippen LogP contribution is 2.31. The Bertz CT molecular complexity index is 574. The molecule has 0 aromatic carbocycles. The number of hydrogen-bond acceptors (Lipinski definition) is 4. The maximum atomic E-state index is 12.8. The molecule has 0 spiro atoms. The molecule has 0 aliphatic carbocycles. The lowest BCUT2D eigenvalue weighted by molar-refractivity contribution is 0.257. The zero-order valence-electron chi connectivity index (χ0n) is 14.1. The van der Waals surface area contributed by atoms with Gasteiger partial charge in [0.25, 0.3) is 10.0 Å². The molecule has 1 heterocycles. The Morgan fingerprint density at radius 2 is 1.95 bits per heavy atom. The largest absolute Gasteiger partial charge is 0.310 e. The van der Waals surface area contributed by atoms with Crippen molar-refractivity contribution in [2.45, 2.75) is 70.3 Å². The molecule has 0 aliphatic heterocycles. The van der Waals surface area contributed by atoms with Crippen LogP contribution in [0.3, 0.4) is 0 Å². The Morgan fingerprint density at radius 1 is 1.38 bits per heavy atom. The molecule has 21 heavy (non-hydrogen) atoms. The normalized spacial score (nSPS) is 13.4. The highest BCUT2D eigenvalue weighted by Gasteiger charge is 2.33. The number of hydrogen-bond donors (Lipinski definition) is 1. The smallest absolute Gasteiger partial charge is 0.252 e. The van der Waals surface area contributed by atoms with Crippen molar-refractivity contribution in [1.29, 1.82) is 0 Å². The van der Waals surface area contributed by atoms with Crippen molar-refractivity contribution in [3.05, 3.63) is 16.5 Å². The molecule has 0 fully saturated rings. The van der Waals surface area contributed by atoms with E-state index in [0.29, 0.717) is 16.8 Å². The summed E-state index contributed by atoms with van der Waals surface area (Å²) >= 11 is 1.37. The fourth-order valence-corrected chi connectivity index (χ4v) is 5.06. The van der Waals surface area contributed by atoms with Crippen molar-refractivity contribution in [2.24, 2.45) is 0 Å². The second kappa shape index (κ2) is 6.77. The number of aryl methyl sites for hydroxylation is 1. The van der Waals surface area contributed by atoms with E-state index in [1.165, 1.54) is 15.6 Å². The number of rotatable bonds is 7. The Hall–Kier alpha value is -0.430. The minimum atomic E-state index is -3.42. The number of thiophene rings is 1. The first kappa shape index (κ1) is 18.6. The van der Waals surface area contributed by atoms with Crippen LogP contribution in [-0.4, -0.2) is 31.4 Å². The van der Waals surface area contributed by atoms with E-state index < -0.39 is 10.0 Å². The van der Waals surface area contributed by atoms with Gasteiger partial charge in [0, 0.05) is 30.1 Å². The predicted molar refractivity (Wildman–Crippen MR) is 90.4 cm³/mol. The molecule has 1 N–H and O–H groups in total. The summed E-state index contributed by atoms with van der Waals surface area (Å²) in [6.45, 7) is 12.8. The molecule has 1 aromatic rings. The van der Waals surface area contributed by atoms with Gasteiger partial charge < -0.3 is 5.32 Å². The van der Waals surface area contributed by atoms with Crippen LogP contribution in [0.4, 0.5) is 0 Å². The molecular weight excluding hydrogens is 304 g/mol. The van der Waals surface area contributed by atoms with Gasteiger partial charge in [-0.3, -0.25) is 0 Å². The van der Waals surface area contributed by atoms with Gasteiger partial charge in [-0.2, -0.15) is 4.31 Å². The fraction of sp³-hybridized carbons (Fsp3) is 0.733. The summed E-state index contributed by atoms with van der Waals surface area (Å²) in [5, 5.41) is 3.34. The van der Waals surface area contributed by atoms with E-state index in [4.69, 9.17) is 0 Å². The lowest BCUT2D eigenvalue weighted by Gasteiger charge is -2.33. The molecule has 6 heteroatoms. The van der Waals surface area contributed by atoms with Crippen LogP contribution < -0.4 is 5.32 Å². The van der Waals surface area contributed by atoms with E-state index in [1.807, 2.05) is 27.7 Å². The average Bonchev–Trinajstić information content (AvgIpc) is 2.77. The van der Waals surface area contributed by atoms with Crippen LogP contribution in [0, 0.1) is 6.92 Å². The molecule has 1 aromatic heterocycles. The van der Waals surface area contributed by atoms with Crippen molar-refractivity contribution < 1.29 is 8.42 Å². The van der Waals surface area contributed by atoms with Crippen LogP contribution in [0.15, 0.2) is 10.3 Å². The highest BCUT2D eigenvalue weighted by molar-refractivity contribution is 7.91. The Kier molecular flexibility index (Phi) is 6.00. The first-order valence-corrected chi connectivity index (χ1v) is 9.59. The maximum Gasteiger partial charge on any atom is 0.252 e. The van der Waals surface area contributed by atoms with Gasteiger partial charge in [-0.15, -0.1) is 11.3 Å². The Morgan fingerprint density at radius 3 is 2.43 bits per heavy atom. The Balaban J connectivity index is 3.08. The standard InChI is InChI=1S/C15H28N2O2S2/c1-8-15(5,6)17(7)21(18,19)14-9-12(4)13(20-14)10-16-11(2)3/h9,11,16H,8,10H2,1-7H3. The summed E-state index contributed by atoms with van der Waals surface area (Å²) in [5.41, 5.74) is 0.655. The van der Waals surface area contributed by atoms with E-state index in [9.17, 15) is 8.42 Å². The third-order valence-corrected chi connectivity index (χ3v) is 7.76. The number of nitrogens with zero attached hydrogens (tertiary/aromatic N) is 1. The summed E-state index contributed by atoms with van der Waals surface area (Å²) in [6, 6.07) is 2.17. The van der Waals surface area contributed by atoms with Gasteiger partial charge in [0.15, 0.2) is 0 Å². The van der Waals surface area contributed by atoms with Crippen molar-refractivity contribution in [1.82, 2.24) is 9.62 Å². The van der Waals surface area contributed by atoms with Gasteiger partial charge in [-0.1, -0.05) is 20.8 Å². The van der Waals surface area contributed by atoms with E-state index in [2.05, 4.69) is 19.2 Å². The minimum absolute atomic E-state index is 0.382. The van der Waals surface area contributed by atoms with E-state index in [-0.39, 0.29) is 5.54 Å². The van der Waals surface area contributed by atoms with Crippen LogP contribution in [0.25, 0.3) is 0 Å². The van der Waals surface area contributed by atoms with Crippen LogP contribution in [0.2, 0.25) is 0 Å². The summed E-state index contributed by atoms with van der Waals surface area (Å²) in [4.78, 5) is 1.09. The summed E-state index contributed by atoms with van der Waals surface area (Å²) < 4.78 is 27.4. The third kappa shape index (κ3) is 4.28. The lowest BCUT2D eigenvalue weighted by Crippen LogP contribution is -2.44. The Labute approximate surface area is 133 Å². The zero-order chi connectivity index (χ0) is 16.4. The van der Waals surface area contributed by atoms with Crippen molar-refractivity contribution in [3.63, 3.8) is 0 Å². The first-order valence-electron chi connectivity index (χ1n) is 7.34. The van der Waals surface area contributed by atoms with Gasteiger partial charge in [0.2, 0.25) is 0 Å². The summed E-state index contributed by atoms with van der Waals surface area (Å²) in [5.74, 6) is 0. The van der Waals surface area contributed by atoms with Gasteiger partial charge >= 0.3 is 0 Å². The molecule has 4 nitrogen and oxygen atoms in total. The molecule has 0 aliphatic rings. The summed E-state index contributed by atoms with van der Waals surface area (Å²) in [7, 11) is -1.76. The third-order valence-electron chi connectivity index (χ3n) is 4.00. The number of sulfonamides is 1. The van der Waals surface area contributed by atoms with Gasteiger partial charge in [0.05, 0.1) is 0 Å². The van der Waals surface area contributed by atoms with Gasteiger partial charge in [-0.05, 0) is 38.8 Å². The van der Waals surface area contributed by atoms with E-state index in [1.54, 1.807) is 13.1 Å². The molecule has 0 amide bonds. The van der Waals surface area contributed by atoms with Crippen LogP contribution >= 0.6 is 11.3 Å². The molecule has 0 saturated heterocycles. The molecule has 0 radical (unpaired) electrons. The molecule has 122 valence electrons. The molecular formula is C15H28N2O2S2. The molecule has 1 rings (SSSR count). The SMILES string of the molecule is CCC(C)(C)N(C)S(=O)(=O)c1cc(C)c(CNC(C)C)s1. The second-order valence-electron chi connectivity index (χ2n) is 6.35. The van der Waals surface area contributed by atoms with Gasteiger partial charge in [-0.25, -0.2) is 8.42 Å². The molecule has 0 saturated carbocycles.